The molecular formula is C23H20N6O2. The van der Waals surface area contributed by atoms with Crippen LogP contribution in [0.25, 0.3) is 28.2 Å². The third kappa shape index (κ3) is 3.52. The van der Waals surface area contributed by atoms with Crippen molar-refractivity contribution in [2.75, 3.05) is 0 Å². The zero-order valence-electron chi connectivity index (χ0n) is 17.4. The minimum Gasteiger partial charge on any atom is -0.337 e. The molecule has 154 valence electrons. The molecule has 8 heteroatoms. The van der Waals surface area contributed by atoms with Gasteiger partial charge in [-0.2, -0.15) is 15.2 Å². The van der Waals surface area contributed by atoms with Crippen molar-refractivity contribution in [2.24, 2.45) is 0 Å². The molecule has 0 saturated carbocycles. The van der Waals surface area contributed by atoms with Gasteiger partial charge in [-0.15, -0.1) is 0 Å². The Morgan fingerprint density at radius 2 is 1.84 bits per heavy atom. The molecule has 0 saturated heterocycles. The SMILES string of the molecule is Cc1cccc(-c2noc(Cn3ncn4nc(-c5ccc(C)cc5C)cc4c3=O)n2)c1. The lowest BCUT2D eigenvalue weighted by Crippen LogP contribution is -2.25. The molecule has 0 aliphatic rings. The molecule has 31 heavy (non-hydrogen) atoms. The topological polar surface area (TPSA) is 91.1 Å². The highest BCUT2D eigenvalue weighted by Crippen LogP contribution is 2.23. The first-order chi connectivity index (χ1) is 15.0. The summed E-state index contributed by atoms with van der Waals surface area (Å²) in [6.45, 7) is 6.16. The molecule has 2 aromatic carbocycles. The second-order valence-corrected chi connectivity index (χ2v) is 7.65. The molecular weight excluding hydrogens is 392 g/mol. The Kier molecular flexibility index (Phi) is 4.47. The minimum absolute atomic E-state index is 0.0816. The van der Waals surface area contributed by atoms with Crippen molar-refractivity contribution in [3.63, 3.8) is 0 Å². The van der Waals surface area contributed by atoms with Crippen LogP contribution in [0.15, 0.2) is 64.2 Å². The monoisotopic (exact) mass is 412 g/mol. The molecule has 0 amide bonds. The van der Waals surface area contributed by atoms with Crippen LogP contribution in [0.1, 0.15) is 22.6 Å². The zero-order valence-corrected chi connectivity index (χ0v) is 17.4. The van der Waals surface area contributed by atoms with Crippen molar-refractivity contribution in [1.82, 2.24) is 29.5 Å². The van der Waals surface area contributed by atoms with Gasteiger partial charge in [0.15, 0.2) is 0 Å². The Balaban J connectivity index is 1.47. The van der Waals surface area contributed by atoms with Crippen LogP contribution in [0.2, 0.25) is 0 Å². The number of fused-ring (bicyclic) bond motifs is 1. The van der Waals surface area contributed by atoms with E-state index in [-0.39, 0.29) is 12.1 Å². The number of hydrogen-bond acceptors (Lipinski definition) is 6. The summed E-state index contributed by atoms with van der Waals surface area (Å²) >= 11 is 0. The van der Waals surface area contributed by atoms with Gasteiger partial charge in [0.2, 0.25) is 11.7 Å². The molecule has 0 bridgehead atoms. The Labute approximate surface area is 177 Å². The van der Waals surface area contributed by atoms with Gasteiger partial charge in [0.05, 0.1) is 5.69 Å². The summed E-state index contributed by atoms with van der Waals surface area (Å²) in [5, 5.41) is 12.8. The Bertz CT molecular complexity index is 1480. The third-order valence-corrected chi connectivity index (χ3v) is 5.18. The fraction of sp³-hybridized carbons (Fsp3) is 0.174. The van der Waals surface area contributed by atoms with Gasteiger partial charge in [0.1, 0.15) is 18.4 Å². The van der Waals surface area contributed by atoms with Crippen LogP contribution in [-0.4, -0.2) is 29.5 Å². The summed E-state index contributed by atoms with van der Waals surface area (Å²) in [5.74, 6) is 0.791. The average molecular weight is 412 g/mol. The summed E-state index contributed by atoms with van der Waals surface area (Å²) in [7, 11) is 0. The molecule has 5 aromatic rings. The first-order valence-electron chi connectivity index (χ1n) is 9.91. The van der Waals surface area contributed by atoms with Gasteiger partial charge in [-0.25, -0.2) is 9.20 Å². The highest BCUT2D eigenvalue weighted by Gasteiger charge is 2.15. The highest BCUT2D eigenvalue weighted by atomic mass is 16.5. The maximum atomic E-state index is 13.0. The lowest BCUT2D eigenvalue weighted by molar-refractivity contribution is 0.362. The van der Waals surface area contributed by atoms with Crippen LogP contribution < -0.4 is 5.56 Å². The third-order valence-electron chi connectivity index (χ3n) is 5.18. The van der Waals surface area contributed by atoms with Crippen molar-refractivity contribution < 1.29 is 4.52 Å². The predicted molar refractivity (Wildman–Crippen MR) is 116 cm³/mol. The highest BCUT2D eigenvalue weighted by molar-refractivity contribution is 5.68. The number of benzene rings is 2. The molecule has 0 fully saturated rings. The molecule has 5 rings (SSSR count). The lowest BCUT2D eigenvalue weighted by atomic mass is 10.0. The van der Waals surface area contributed by atoms with E-state index in [2.05, 4.69) is 26.4 Å². The van der Waals surface area contributed by atoms with Crippen molar-refractivity contribution in [2.45, 2.75) is 27.3 Å². The standard InChI is InChI=1S/C23H20N6O2/c1-14-5-4-6-17(10-14)22-25-21(31-27-22)12-28-23(30)20-11-19(26-29(20)13-24-28)18-8-7-15(2)9-16(18)3/h4-11,13H,12H2,1-3H3. The van der Waals surface area contributed by atoms with Crippen LogP contribution in [-0.2, 0) is 6.54 Å². The summed E-state index contributed by atoms with van der Waals surface area (Å²) < 4.78 is 8.15. The molecule has 0 aliphatic heterocycles. The average Bonchev–Trinajstić information content (AvgIpc) is 3.38. The molecule has 0 unspecified atom stereocenters. The van der Waals surface area contributed by atoms with Crippen LogP contribution in [0.4, 0.5) is 0 Å². The van der Waals surface area contributed by atoms with E-state index in [4.69, 9.17) is 4.52 Å². The summed E-state index contributed by atoms with van der Waals surface area (Å²) in [4.78, 5) is 17.4. The quantitative estimate of drug-likeness (QED) is 0.448. The molecule has 3 aromatic heterocycles. The van der Waals surface area contributed by atoms with E-state index < -0.39 is 0 Å². The summed E-state index contributed by atoms with van der Waals surface area (Å²) in [6.07, 6.45) is 1.52. The van der Waals surface area contributed by atoms with Crippen LogP contribution in [0.3, 0.4) is 0 Å². The fourth-order valence-electron chi connectivity index (χ4n) is 3.63. The van der Waals surface area contributed by atoms with Crippen LogP contribution >= 0.6 is 0 Å². The van der Waals surface area contributed by atoms with E-state index >= 15 is 0 Å². The van der Waals surface area contributed by atoms with E-state index in [0.29, 0.717) is 17.2 Å². The fourth-order valence-corrected chi connectivity index (χ4v) is 3.63. The normalized spacial score (nSPS) is 11.3. The van der Waals surface area contributed by atoms with E-state index in [1.54, 1.807) is 6.07 Å². The van der Waals surface area contributed by atoms with Crippen molar-refractivity contribution in [1.29, 1.82) is 0 Å². The molecule has 0 aliphatic carbocycles. The van der Waals surface area contributed by atoms with E-state index in [1.807, 2.05) is 57.2 Å². The van der Waals surface area contributed by atoms with Gasteiger partial charge >= 0.3 is 0 Å². The van der Waals surface area contributed by atoms with E-state index in [9.17, 15) is 4.79 Å². The summed E-state index contributed by atoms with van der Waals surface area (Å²) in [6, 6.07) is 15.8. The van der Waals surface area contributed by atoms with Crippen molar-refractivity contribution >= 4 is 5.52 Å². The lowest BCUT2D eigenvalue weighted by Gasteiger charge is -2.02. The van der Waals surface area contributed by atoms with Gasteiger partial charge in [0, 0.05) is 11.1 Å². The molecule has 0 radical (unpaired) electrons. The second-order valence-electron chi connectivity index (χ2n) is 7.65. The van der Waals surface area contributed by atoms with Crippen LogP contribution in [0, 0.1) is 20.8 Å². The van der Waals surface area contributed by atoms with Gasteiger partial charge in [-0.3, -0.25) is 4.79 Å². The van der Waals surface area contributed by atoms with Gasteiger partial charge in [-0.05, 0) is 38.5 Å². The second kappa shape index (κ2) is 7.32. The van der Waals surface area contributed by atoms with E-state index in [0.717, 1.165) is 27.9 Å². The largest absolute Gasteiger partial charge is 0.337 e. The smallest absolute Gasteiger partial charge is 0.293 e. The summed E-state index contributed by atoms with van der Waals surface area (Å²) in [5.41, 5.74) is 6.12. The number of nitrogens with zero attached hydrogens (tertiary/aromatic N) is 6. The minimum atomic E-state index is -0.277. The number of aromatic nitrogens is 6. The molecule has 0 spiro atoms. The molecule has 8 nitrogen and oxygen atoms in total. The van der Waals surface area contributed by atoms with Gasteiger partial charge < -0.3 is 4.52 Å². The Morgan fingerprint density at radius 1 is 1.00 bits per heavy atom. The maximum absolute atomic E-state index is 13.0. The zero-order chi connectivity index (χ0) is 21.5. The Hall–Kier alpha value is -4.07. The van der Waals surface area contributed by atoms with E-state index in [1.165, 1.54) is 21.1 Å². The van der Waals surface area contributed by atoms with Crippen LogP contribution in [0.5, 0.6) is 0 Å². The molecule has 0 atom stereocenters. The first-order valence-corrected chi connectivity index (χ1v) is 9.91. The van der Waals surface area contributed by atoms with Crippen molar-refractivity contribution in [3.05, 3.63) is 87.8 Å². The first kappa shape index (κ1) is 18.9. The van der Waals surface area contributed by atoms with Gasteiger partial charge in [-0.1, -0.05) is 52.7 Å². The number of rotatable bonds is 4. The number of hydrogen-bond donors (Lipinski definition) is 0. The molecule has 3 heterocycles. The van der Waals surface area contributed by atoms with Gasteiger partial charge in [0.25, 0.3) is 5.56 Å². The van der Waals surface area contributed by atoms with Crippen molar-refractivity contribution in [3.8, 4) is 22.6 Å². The maximum Gasteiger partial charge on any atom is 0.293 e. The predicted octanol–water partition coefficient (Wildman–Crippen LogP) is 3.58. The molecule has 0 N–H and O–H groups in total. The number of aryl methyl sites for hydroxylation is 3. The Morgan fingerprint density at radius 3 is 2.65 bits per heavy atom.